The van der Waals surface area contributed by atoms with E-state index < -0.39 is 28.0 Å². The van der Waals surface area contributed by atoms with Crippen LogP contribution in [0.15, 0.2) is 60.8 Å². The number of aliphatic hydroxyl groups is 1. The summed E-state index contributed by atoms with van der Waals surface area (Å²) in [7, 11) is -4.36. The van der Waals surface area contributed by atoms with Crippen LogP contribution < -0.4 is 5.32 Å². The number of rotatable bonds is 30. The Morgan fingerprint density at radius 3 is 1.61 bits per heavy atom. The first kappa shape index (κ1) is 42.0. The average molecular weight is 636 g/mol. The van der Waals surface area contributed by atoms with Crippen molar-refractivity contribution in [2.45, 2.75) is 161 Å². The minimum atomic E-state index is -4.36. The molecule has 0 aliphatic rings. The molecule has 0 aromatic heterocycles. The smallest absolute Gasteiger partial charge is 0.267 e. The van der Waals surface area contributed by atoms with E-state index in [9.17, 15) is 22.9 Å². The molecule has 0 rings (SSSR count). The highest BCUT2D eigenvalue weighted by molar-refractivity contribution is 7.85. The Hall–Kier alpha value is -1.96. The van der Waals surface area contributed by atoms with Crippen molar-refractivity contribution in [3.8, 4) is 0 Å². The Labute approximate surface area is 271 Å². The van der Waals surface area contributed by atoms with E-state index in [4.69, 9.17) is 0 Å². The molecule has 6 nitrogen and oxygen atoms in total. The minimum absolute atomic E-state index is 0.266. The third-order valence-corrected chi connectivity index (χ3v) is 8.17. The molecule has 0 saturated carbocycles. The van der Waals surface area contributed by atoms with E-state index >= 15 is 0 Å². The van der Waals surface area contributed by atoms with Crippen molar-refractivity contribution in [2.24, 2.45) is 0 Å². The first-order valence-electron chi connectivity index (χ1n) is 17.5. The van der Waals surface area contributed by atoms with Gasteiger partial charge in [0.15, 0.2) is 0 Å². The number of aliphatic hydroxyl groups excluding tert-OH is 1. The fourth-order valence-corrected chi connectivity index (χ4v) is 5.48. The average Bonchev–Trinajstić information content (AvgIpc) is 2.98. The molecule has 0 heterocycles. The highest BCUT2D eigenvalue weighted by Crippen LogP contribution is 2.10. The van der Waals surface area contributed by atoms with Gasteiger partial charge in [-0.3, -0.25) is 9.35 Å². The van der Waals surface area contributed by atoms with E-state index in [0.717, 1.165) is 64.2 Å². The molecule has 0 aliphatic carbocycles. The van der Waals surface area contributed by atoms with Gasteiger partial charge < -0.3 is 10.4 Å². The van der Waals surface area contributed by atoms with Gasteiger partial charge in [0.2, 0.25) is 5.91 Å². The van der Waals surface area contributed by atoms with E-state index in [1.54, 1.807) is 6.08 Å². The van der Waals surface area contributed by atoms with Gasteiger partial charge in [-0.1, -0.05) is 126 Å². The summed E-state index contributed by atoms with van der Waals surface area (Å²) in [5.74, 6) is -1.03. The van der Waals surface area contributed by atoms with Crippen molar-refractivity contribution in [3.63, 3.8) is 0 Å². The maximum atomic E-state index is 12.4. The summed E-state index contributed by atoms with van der Waals surface area (Å²) in [5.41, 5.74) is 0. The van der Waals surface area contributed by atoms with Crippen LogP contribution in [0.25, 0.3) is 0 Å². The molecule has 3 N–H and O–H groups in total. The molecule has 0 spiro atoms. The van der Waals surface area contributed by atoms with Crippen LogP contribution in [-0.4, -0.2) is 41.9 Å². The van der Waals surface area contributed by atoms with Gasteiger partial charge in [-0.05, 0) is 77.0 Å². The van der Waals surface area contributed by atoms with Gasteiger partial charge in [-0.25, -0.2) is 0 Å². The van der Waals surface area contributed by atoms with E-state index in [-0.39, 0.29) is 12.3 Å². The monoisotopic (exact) mass is 635 g/mol. The summed E-state index contributed by atoms with van der Waals surface area (Å²) in [5, 5.41) is 13.1. The SMILES string of the molecule is CCCCC/C=C\C/C=C\CCCCCCCC(=O)NC(CS(=O)(=O)O)C(O)/C=C/CC/C=C/CC/C=C/CCCCCC. The van der Waals surface area contributed by atoms with Gasteiger partial charge in [-0.15, -0.1) is 0 Å². The van der Waals surface area contributed by atoms with Crippen molar-refractivity contribution in [2.75, 3.05) is 5.75 Å². The van der Waals surface area contributed by atoms with Crippen molar-refractivity contribution in [1.82, 2.24) is 5.32 Å². The van der Waals surface area contributed by atoms with Crippen molar-refractivity contribution >= 4 is 16.0 Å². The predicted molar refractivity (Wildman–Crippen MR) is 188 cm³/mol. The van der Waals surface area contributed by atoms with Crippen LogP contribution in [0.5, 0.6) is 0 Å². The number of hydrogen-bond donors (Lipinski definition) is 3. The lowest BCUT2D eigenvalue weighted by molar-refractivity contribution is -0.122. The number of amides is 1. The molecule has 1 amide bonds. The van der Waals surface area contributed by atoms with Crippen molar-refractivity contribution < 1.29 is 22.9 Å². The molecular weight excluding hydrogens is 570 g/mol. The predicted octanol–water partition coefficient (Wildman–Crippen LogP) is 9.73. The van der Waals surface area contributed by atoms with Gasteiger partial charge in [0.25, 0.3) is 10.1 Å². The molecule has 2 atom stereocenters. The van der Waals surface area contributed by atoms with E-state index in [1.165, 1.54) is 57.4 Å². The zero-order valence-electron chi connectivity index (χ0n) is 28.0. The Kier molecular flexibility index (Phi) is 29.7. The third kappa shape index (κ3) is 31.5. The second kappa shape index (κ2) is 31.0. The summed E-state index contributed by atoms with van der Waals surface area (Å²) in [6.07, 6.45) is 42.0. The molecule has 0 radical (unpaired) electrons. The molecule has 0 saturated heterocycles. The number of nitrogens with one attached hydrogen (secondary N) is 1. The lowest BCUT2D eigenvalue weighted by Crippen LogP contribution is -2.46. The number of carbonyl (C=O) groups excluding carboxylic acids is 1. The van der Waals surface area contributed by atoms with Crippen LogP contribution in [0.2, 0.25) is 0 Å². The molecule has 0 aliphatic heterocycles. The summed E-state index contributed by atoms with van der Waals surface area (Å²) in [4.78, 5) is 12.4. The maximum absolute atomic E-state index is 12.4. The number of allylic oxidation sites excluding steroid dienone is 9. The van der Waals surface area contributed by atoms with Crippen LogP contribution in [0.4, 0.5) is 0 Å². The van der Waals surface area contributed by atoms with Gasteiger partial charge in [0, 0.05) is 6.42 Å². The van der Waals surface area contributed by atoms with Crippen LogP contribution in [0.3, 0.4) is 0 Å². The van der Waals surface area contributed by atoms with E-state index in [1.807, 2.05) is 0 Å². The highest BCUT2D eigenvalue weighted by atomic mass is 32.2. The zero-order valence-corrected chi connectivity index (χ0v) is 28.8. The minimum Gasteiger partial charge on any atom is -0.387 e. The molecule has 7 heteroatoms. The Balaban J connectivity index is 4.15. The number of unbranched alkanes of at least 4 members (excludes halogenated alkanes) is 14. The molecular formula is C37H65NO5S. The van der Waals surface area contributed by atoms with Gasteiger partial charge >= 0.3 is 0 Å². The lowest BCUT2D eigenvalue weighted by atomic mass is 10.1. The molecule has 2 unspecified atom stereocenters. The zero-order chi connectivity index (χ0) is 32.6. The first-order valence-corrected chi connectivity index (χ1v) is 19.1. The second-order valence-electron chi connectivity index (χ2n) is 11.8. The molecule has 0 bridgehead atoms. The van der Waals surface area contributed by atoms with Gasteiger partial charge in [-0.2, -0.15) is 8.42 Å². The maximum Gasteiger partial charge on any atom is 0.267 e. The van der Waals surface area contributed by atoms with Crippen LogP contribution in [0, 0.1) is 0 Å². The lowest BCUT2D eigenvalue weighted by Gasteiger charge is -2.21. The van der Waals surface area contributed by atoms with Crippen molar-refractivity contribution in [3.05, 3.63) is 60.8 Å². The highest BCUT2D eigenvalue weighted by Gasteiger charge is 2.24. The second-order valence-corrected chi connectivity index (χ2v) is 13.3. The van der Waals surface area contributed by atoms with Gasteiger partial charge in [0.1, 0.15) is 0 Å². The largest absolute Gasteiger partial charge is 0.387 e. The number of hydrogen-bond acceptors (Lipinski definition) is 4. The topological polar surface area (TPSA) is 104 Å². The summed E-state index contributed by atoms with van der Waals surface area (Å²) in [6, 6.07) is -1.09. The fourth-order valence-electron chi connectivity index (χ4n) is 4.74. The third-order valence-electron chi connectivity index (χ3n) is 7.39. The van der Waals surface area contributed by atoms with Gasteiger partial charge in [0.05, 0.1) is 17.9 Å². The summed E-state index contributed by atoms with van der Waals surface area (Å²) >= 11 is 0. The van der Waals surface area contributed by atoms with E-state index in [2.05, 4.69) is 67.8 Å². The van der Waals surface area contributed by atoms with E-state index in [0.29, 0.717) is 12.8 Å². The van der Waals surface area contributed by atoms with Crippen molar-refractivity contribution in [1.29, 1.82) is 0 Å². The van der Waals surface area contributed by atoms with Crippen LogP contribution >= 0.6 is 0 Å². The van der Waals surface area contributed by atoms with Crippen LogP contribution in [-0.2, 0) is 14.9 Å². The summed E-state index contributed by atoms with van der Waals surface area (Å²) < 4.78 is 32.3. The molecule has 254 valence electrons. The van der Waals surface area contributed by atoms with Crippen LogP contribution in [0.1, 0.15) is 149 Å². The fraction of sp³-hybridized carbons (Fsp3) is 0.703. The first-order chi connectivity index (χ1) is 21.3. The Morgan fingerprint density at radius 1 is 0.614 bits per heavy atom. The number of carbonyl (C=O) groups is 1. The molecule has 0 aromatic rings. The Morgan fingerprint density at radius 2 is 1.05 bits per heavy atom. The standard InChI is InChI=1S/C37H65NO5S/c1-3-5-7-9-11-13-15-17-19-21-23-25-27-29-31-33-37(40)38-35(34-44(41,42)43)36(39)32-30-28-26-24-22-20-18-16-14-12-10-8-6-4-2/h11,13-14,16-17,19,22,24,30,32,35-36,39H,3-10,12,15,18,20-21,23,25-29,31,33-34H2,1-2H3,(H,38,40)(H,41,42,43)/b13-11-,16-14+,19-17-,24-22+,32-30+. The molecule has 0 fully saturated rings. The normalized spacial score (nSPS) is 14.2. The molecule has 0 aromatic carbocycles. The summed E-state index contributed by atoms with van der Waals surface area (Å²) in [6.45, 7) is 4.44. The molecule has 44 heavy (non-hydrogen) atoms. The quantitative estimate of drug-likeness (QED) is 0.0414. The Bertz CT molecular complexity index is 920.